The molecule has 1 saturated heterocycles. The molecular weight excluding hydrogens is 497 g/mol. The van der Waals surface area contributed by atoms with Crippen molar-refractivity contribution in [3.63, 3.8) is 0 Å². The minimum absolute atomic E-state index is 0. The number of anilines is 1. The Balaban J connectivity index is 0.00000300. The van der Waals surface area contributed by atoms with Gasteiger partial charge in [-0.25, -0.2) is 9.98 Å². The van der Waals surface area contributed by atoms with Gasteiger partial charge >= 0.3 is 0 Å². The largest absolute Gasteiger partial charge is 0.375 e. The highest BCUT2D eigenvalue weighted by atomic mass is 127. The number of aromatic nitrogens is 1. The highest BCUT2D eigenvalue weighted by Gasteiger charge is 2.17. The number of nitrogens with one attached hydrogen (secondary N) is 2. The van der Waals surface area contributed by atoms with Gasteiger partial charge in [0.15, 0.2) is 5.96 Å². The quantitative estimate of drug-likeness (QED) is 0.324. The second kappa shape index (κ2) is 12.3. The lowest BCUT2D eigenvalue weighted by Crippen LogP contribution is -2.41. The van der Waals surface area contributed by atoms with E-state index in [-0.39, 0.29) is 30.1 Å². The van der Waals surface area contributed by atoms with Crippen LogP contribution >= 0.6 is 35.3 Å². The lowest BCUT2D eigenvalue weighted by Gasteiger charge is -2.32. The van der Waals surface area contributed by atoms with Gasteiger partial charge in [-0.1, -0.05) is 13.0 Å². The monoisotopic (exact) mass is 529 g/mol. The zero-order valence-corrected chi connectivity index (χ0v) is 20.6. The molecule has 6 nitrogen and oxygen atoms in total. The number of ether oxygens (including phenoxy) is 1. The van der Waals surface area contributed by atoms with Gasteiger partial charge in [-0.2, -0.15) is 11.3 Å². The fraction of sp³-hybridized carbons (Fsp3) is 0.524. The molecule has 1 aliphatic rings. The highest BCUT2D eigenvalue weighted by Crippen LogP contribution is 2.17. The van der Waals surface area contributed by atoms with Crippen LogP contribution in [-0.2, 0) is 11.3 Å². The topological polar surface area (TPSA) is 61.8 Å². The number of pyridine rings is 1. The van der Waals surface area contributed by atoms with Gasteiger partial charge in [0, 0.05) is 32.4 Å². The first kappa shape index (κ1) is 23.9. The molecule has 0 aromatic carbocycles. The Hall–Kier alpha value is -1.39. The number of halogens is 1. The van der Waals surface area contributed by atoms with Crippen LogP contribution in [0.25, 0.3) is 0 Å². The van der Waals surface area contributed by atoms with Crippen LogP contribution in [0.3, 0.4) is 0 Å². The summed E-state index contributed by atoms with van der Waals surface area (Å²) in [6, 6.07) is 6.38. The Morgan fingerprint density at radius 3 is 2.90 bits per heavy atom. The first-order valence-electron chi connectivity index (χ1n) is 10.0. The molecule has 1 aliphatic heterocycles. The minimum Gasteiger partial charge on any atom is -0.375 e. The van der Waals surface area contributed by atoms with Crippen LogP contribution in [0, 0.1) is 0 Å². The maximum Gasteiger partial charge on any atom is 0.191 e. The third-order valence-corrected chi connectivity index (χ3v) is 5.53. The molecule has 2 atom stereocenters. The van der Waals surface area contributed by atoms with E-state index in [0.717, 1.165) is 50.1 Å². The maximum atomic E-state index is 5.60. The Morgan fingerprint density at radius 1 is 1.38 bits per heavy atom. The molecule has 2 unspecified atom stereocenters. The van der Waals surface area contributed by atoms with Crippen molar-refractivity contribution in [3.8, 4) is 0 Å². The van der Waals surface area contributed by atoms with Crippen molar-refractivity contribution in [2.45, 2.75) is 39.3 Å². The highest BCUT2D eigenvalue weighted by molar-refractivity contribution is 14.0. The first-order valence-corrected chi connectivity index (χ1v) is 11.0. The lowest BCUT2D eigenvalue weighted by molar-refractivity contribution is 0.0529. The van der Waals surface area contributed by atoms with E-state index in [0.29, 0.717) is 12.5 Å². The van der Waals surface area contributed by atoms with Crippen LogP contribution in [0.1, 0.15) is 37.8 Å². The molecule has 160 valence electrons. The summed E-state index contributed by atoms with van der Waals surface area (Å²) >= 11 is 1.74. The first-order chi connectivity index (χ1) is 13.7. The van der Waals surface area contributed by atoms with E-state index in [1.54, 1.807) is 11.3 Å². The van der Waals surface area contributed by atoms with Gasteiger partial charge in [-0.05, 0) is 53.8 Å². The smallest absolute Gasteiger partial charge is 0.191 e. The van der Waals surface area contributed by atoms with Crippen LogP contribution in [-0.4, -0.2) is 49.8 Å². The minimum atomic E-state index is 0. The molecule has 2 aromatic rings. The Labute approximate surface area is 195 Å². The van der Waals surface area contributed by atoms with Gasteiger partial charge in [0.1, 0.15) is 5.82 Å². The van der Waals surface area contributed by atoms with Crippen molar-refractivity contribution < 1.29 is 4.74 Å². The summed E-state index contributed by atoms with van der Waals surface area (Å²) in [6.45, 7) is 11.3. The van der Waals surface area contributed by atoms with Gasteiger partial charge in [-0.15, -0.1) is 24.0 Å². The average molecular weight is 529 g/mol. The third-order valence-electron chi connectivity index (χ3n) is 4.83. The van der Waals surface area contributed by atoms with Crippen molar-refractivity contribution in [2.75, 3.05) is 37.7 Å². The van der Waals surface area contributed by atoms with Gasteiger partial charge < -0.3 is 20.3 Å². The van der Waals surface area contributed by atoms with E-state index in [9.17, 15) is 0 Å². The van der Waals surface area contributed by atoms with Gasteiger partial charge in [-0.3, -0.25) is 0 Å². The molecule has 0 bridgehead atoms. The molecule has 0 aliphatic carbocycles. The number of thiophene rings is 1. The maximum absolute atomic E-state index is 5.60. The van der Waals surface area contributed by atoms with Crippen LogP contribution < -0.4 is 15.5 Å². The third kappa shape index (κ3) is 7.42. The molecule has 0 radical (unpaired) electrons. The average Bonchev–Trinajstić information content (AvgIpc) is 3.25. The summed E-state index contributed by atoms with van der Waals surface area (Å²) in [5, 5.41) is 11.1. The number of guanidine groups is 1. The molecule has 0 amide bonds. The summed E-state index contributed by atoms with van der Waals surface area (Å²) in [5.74, 6) is 2.31. The zero-order chi connectivity index (χ0) is 19.8. The summed E-state index contributed by atoms with van der Waals surface area (Å²) in [4.78, 5) is 11.6. The van der Waals surface area contributed by atoms with E-state index in [1.807, 2.05) is 6.20 Å². The van der Waals surface area contributed by atoms with E-state index >= 15 is 0 Å². The Morgan fingerprint density at radius 2 is 2.24 bits per heavy atom. The van der Waals surface area contributed by atoms with E-state index in [4.69, 9.17) is 9.73 Å². The molecule has 2 aromatic heterocycles. The molecule has 8 heteroatoms. The van der Waals surface area contributed by atoms with Gasteiger partial charge in [0.05, 0.1) is 19.3 Å². The van der Waals surface area contributed by atoms with Crippen molar-refractivity contribution in [1.82, 2.24) is 15.6 Å². The number of rotatable bonds is 7. The summed E-state index contributed by atoms with van der Waals surface area (Å²) in [6.07, 6.45) is 2.18. The number of hydrogen-bond acceptors (Lipinski definition) is 5. The van der Waals surface area contributed by atoms with Crippen LogP contribution in [0.2, 0.25) is 0 Å². The van der Waals surface area contributed by atoms with Gasteiger partial charge in [0.25, 0.3) is 0 Å². The van der Waals surface area contributed by atoms with E-state index in [1.165, 1.54) is 5.56 Å². The van der Waals surface area contributed by atoms with Crippen molar-refractivity contribution in [2.24, 2.45) is 4.99 Å². The number of hydrogen-bond donors (Lipinski definition) is 2. The SMILES string of the molecule is CCNC(=NCc1ccc(N2CCOC(C)C2)nc1)NCC(C)c1ccsc1.I. The Bertz CT molecular complexity index is 738. The Kier molecular flexibility index (Phi) is 10.2. The molecule has 1 fully saturated rings. The molecule has 29 heavy (non-hydrogen) atoms. The van der Waals surface area contributed by atoms with Crippen LogP contribution in [0.15, 0.2) is 40.1 Å². The summed E-state index contributed by atoms with van der Waals surface area (Å²) in [7, 11) is 0. The predicted molar refractivity (Wildman–Crippen MR) is 133 cm³/mol. The molecule has 0 spiro atoms. The fourth-order valence-electron chi connectivity index (χ4n) is 3.16. The van der Waals surface area contributed by atoms with Gasteiger partial charge in [0.2, 0.25) is 0 Å². The van der Waals surface area contributed by atoms with E-state index in [2.05, 4.69) is 70.2 Å². The second-order valence-electron chi connectivity index (χ2n) is 7.19. The predicted octanol–water partition coefficient (Wildman–Crippen LogP) is 3.85. The number of morpholine rings is 1. The normalized spacial score (nSPS) is 18.1. The number of nitrogens with zero attached hydrogens (tertiary/aromatic N) is 3. The lowest BCUT2D eigenvalue weighted by atomic mass is 10.1. The molecular formula is C21H32IN5OS. The molecule has 0 saturated carbocycles. The molecule has 2 N–H and O–H groups in total. The van der Waals surface area contributed by atoms with Crippen molar-refractivity contribution >= 4 is 47.1 Å². The standard InChI is InChI=1S/C21H31N5OS.HI/c1-4-22-21(24-11-16(2)19-7-10-28-15-19)25-13-18-5-6-20(23-12-18)26-8-9-27-17(3)14-26;/h5-7,10,12,15-17H,4,8-9,11,13-14H2,1-3H3,(H2,22,24,25);1H. The van der Waals surface area contributed by atoms with Crippen LogP contribution in [0.5, 0.6) is 0 Å². The fourth-order valence-corrected chi connectivity index (χ4v) is 3.94. The summed E-state index contributed by atoms with van der Waals surface area (Å²) in [5.41, 5.74) is 2.47. The number of aliphatic imine (C=N–C) groups is 1. The van der Waals surface area contributed by atoms with Crippen molar-refractivity contribution in [3.05, 3.63) is 46.3 Å². The summed E-state index contributed by atoms with van der Waals surface area (Å²) < 4.78 is 5.60. The van der Waals surface area contributed by atoms with Crippen LogP contribution in [0.4, 0.5) is 5.82 Å². The van der Waals surface area contributed by atoms with E-state index < -0.39 is 0 Å². The zero-order valence-electron chi connectivity index (χ0n) is 17.4. The molecule has 3 heterocycles. The van der Waals surface area contributed by atoms with Crippen molar-refractivity contribution in [1.29, 1.82) is 0 Å². The molecule has 3 rings (SSSR count). The second-order valence-corrected chi connectivity index (χ2v) is 7.97.